The third-order valence-corrected chi connectivity index (χ3v) is 3.82. The van der Waals surface area contributed by atoms with Crippen LogP contribution in [0.2, 0.25) is 5.02 Å². The molecule has 4 N–H and O–H groups in total. The van der Waals surface area contributed by atoms with Gasteiger partial charge in [-0.1, -0.05) is 17.7 Å². The highest BCUT2D eigenvalue weighted by Crippen LogP contribution is 2.24. The van der Waals surface area contributed by atoms with Crippen molar-refractivity contribution in [2.24, 2.45) is 0 Å². The standard InChI is InChI=1S/C13H14ClN3O.C2HF3O2/c14-10-2-1-3-11-9(10)6-12(17-11)13(18)16-8-4-5-15-7-8;3-2(4,5)1(6)7/h1-3,6,8,15,17H,4-5,7H2,(H,16,18);(H,6,7)/t8-;/m1./s1. The molecule has 0 bridgehead atoms. The number of halogens is 4. The summed E-state index contributed by atoms with van der Waals surface area (Å²) in [7, 11) is 0. The number of fused-ring (bicyclic) bond motifs is 1. The molecule has 2 aromatic rings. The lowest BCUT2D eigenvalue weighted by Crippen LogP contribution is -2.36. The Hall–Kier alpha value is -2.26. The molecule has 3 rings (SSSR count). The number of alkyl halides is 3. The smallest absolute Gasteiger partial charge is 0.475 e. The second-order valence-corrected chi connectivity index (χ2v) is 5.76. The van der Waals surface area contributed by atoms with Gasteiger partial charge in [0.2, 0.25) is 0 Å². The van der Waals surface area contributed by atoms with Gasteiger partial charge < -0.3 is 20.7 Å². The van der Waals surface area contributed by atoms with Gasteiger partial charge in [0.1, 0.15) is 5.69 Å². The zero-order valence-corrected chi connectivity index (χ0v) is 13.5. The van der Waals surface area contributed by atoms with Crippen LogP contribution in [0.15, 0.2) is 24.3 Å². The van der Waals surface area contributed by atoms with Gasteiger partial charge in [0.05, 0.1) is 0 Å². The number of hydrogen-bond donors (Lipinski definition) is 4. The summed E-state index contributed by atoms with van der Waals surface area (Å²) in [5, 5.41) is 14.9. The number of carboxylic acids is 1. The van der Waals surface area contributed by atoms with Crippen LogP contribution in [0.1, 0.15) is 16.9 Å². The van der Waals surface area contributed by atoms with Crippen molar-refractivity contribution in [3.63, 3.8) is 0 Å². The van der Waals surface area contributed by atoms with Gasteiger partial charge in [0.25, 0.3) is 5.91 Å². The maximum absolute atomic E-state index is 12.1. The van der Waals surface area contributed by atoms with Crippen LogP contribution in [0, 0.1) is 0 Å². The number of benzene rings is 1. The second kappa shape index (κ2) is 7.75. The molecule has 0 unspecified atom stereocenters. The fourth-order valence-electron chi connectivity index (χ4n) is 2.28. The molecule has 0 radical (unpaired) electrons. The highest BCUT2D eigenvalue weighted by molar-refractivity contribution is 6.35. The molecule has 1 aromatic heterocycles. The zero-order valence-electron chi connectivity index (χ0n) is 12.8. The maximum Gasteiger partial charge on any atom is 0.490 e. The van der Waals surface area contributed by atoms with Crippen molar-refractivity contribution >= 4 is 34.4 Å². The number of H-pyrrole nitrogens is 1. The molecule has 1 fully saturated rings. The van der Waals surface area contributed by atoms with Crippen LogP contribution in [-0.4, -0.2) is 47.3 Å². The van der Waals surface area contributed by atoms with E-state index in [0.717, 1.165) is 30.4 Å². The Morgan fingerprint density at radius 1 is 1.32 bits per heavy atom. The molecule has 136 valence electrons. The van der Waals surface area contributed by atoms with Crippen LogP contribution in [0.5, 0.6) is 0 Å². The molecule has 1 aliphatic heterocycles. The maximum atomic E-state index is 12.1. The normalized spacial score (nSPS) is 17.0. The summed E-state index contributed by atoms with van der Waals surface area (Å²) in [6, 6.07) is 7.62. The van der Waals surface area contributed by atoms with Gasteiger partial charge in [0, 0.05) is 28.5 Å². The van der Waals surface area contributed by atoms with Gasteiger partial charge in [-0.2, -0.15) is 13.2 Å². The summed E-state index contributed by atoms with van der Waals surface area (Å²) in [6.45, 7) is 1.80. The summed E-state index contributed by atoms with van der Waals surface area (Å²) < 4.78 is 31.7. The van der Waals surface area contributed by atoms with Crippen LogP contribution < -0.4 is 10.6 Å². The molecule has 1 atom stereocenters. The van der Waals surface area contributed by atoms with Crippen LogP contribution in [0.25, 0.3) is 10.9 Å². The lowest BCUT2D eigenvalue weighted by molar-refractivity contribution is -0.192. The first-order valence-corrected chi connectivity index (χ1v) is 7.65. The van der Waals surface area contributed by atoms with E-state index < -0.39 is 12.1 Å². The summed E-state index contributed by atoms with van der Waals surface area (Å²) in [5.74, 6) is -2.83. The fourth-order valence-corrected chi connectivity index (χ4v) is 2.51. The Morgan fingerprint density at radius 2 is 2.00 bits per heavy atom. The second-order valence-electron chi connectivity index (χ2n) is 5.35. The topological polar surface area (TPSA) is 94.2 Å². The van der Waals surface area contributed by atoms with Crippen LogP contribution in [0.4, 0.5) is 13.2 Å². The molecular formula is C15H15ClF3N3O3. The summed E-state index contributed by atoms with van der Waals surface area (Å²) in [4.78, 5) is 24.1. The van der Waals surface area contributed by atoms with Crippen LogP contribution in [0.3, 0.4) is 0 Å². The molecule has 1 amide bonds. The number of carboxylic acid groups (broad SMARTS) is 1. The number of aliphatic carboxylic acids is 1. The van der Waals surface area contributed by atoms with Gasteiger partial charge in [-0.15, -0.1) is 0 Å². The third kappa shape index (κ3) is 5.10. The Bertz CT molecular complexity index is 770. The van der Waals surface area contributed by atoms with Crippen molar-refractivity contribution in [1.82, 2.24) is 15.6 Å². The summed E-state index contributed by atoms with van der Waals surface area (Å²) >= 11 is 6.08. The number of aromatic nitrogens is 1. The molecule has 1 aliphatic rings. The molecule has 2 heterocycles. The Morgan fingerprint density at radius 3 is 2.52 bits per heavy atom. The van der Waals surface area contributed by atoms with Crippen molar-refractivity contribution in [3.8, 4) is 0 Å². The number of carbonyl (C=O) groups excluding carboxylic acids is 1. The molecule has 10 heteroatoms. The average molecular weight is 378 g/mol. The molecule has 6 nitrogen and oxygen atoms in total. The fraction of sp³-hybridized carbons (Fsp3) is 0.333. The molecule has 1 saturated heterocycles. The Labute approximate surface area is 145 Å². The van der Waals surface area contributed by atoms with Crippen molar-refractivity contribution in [2.75, 3.05) is 13.1 Å². The van der Waals surface area contributed by atoms with Gasteiger partial charge in [0.15, 0.2) is 0 Å². The highest BCUT2D eigenvalue weighted by atomic mass is 35.5. The van der Waals surface area contributed by atoms with E-state index in [1.807, 2.05) is 18.2 Å². The number of rotatable bonds is 2. The Balaban J connectivity index is 0.000000277. The predicted molar refractivity (Wildman–Crippen MR) is 85.7 cm³/mol. The average Bonchev–Trinajstić information content (AvgIpc) is 3.16. The zero-order chi connectivity index (χ0) is 18.6. The first kappa shape index (κ1) is 19.1. The van der Waals surface area contributed by atoms with Gasteiger partial charge >= 0.3 is 12.1 Å². The van der Waals surface area contributed by atoms with Crippen LogP contribution in [-0.2, 0) is 4.79 Å². The van der Waals surface area contributed by atoms with E-state index in [-0.39, 0.29) is 11.9 Å². The van der Waals surface area contributed by atoms with Crippen LogP contribution >= 0.6 is 11.6 Å². The summed E-state index contributed by atoms with van der Waals surface area (Å²) in [5.41, 5.74) is 1.45. The third-order valence-electron chi connectivity index (χ3n) is 3.49. The molecule has 0 spiro atoms. The molecule has 25 heavy (non-hydrogen) atoms. The minimum atomic E-state index is -5.08. The number of hydrogen-bond acceptors (Lipinski definition) is 3. The van der Waals surface area contributed by atoms with E-state index in [1.165, 1.54) is 0 Å². The SMILES string of the molecule is O=C(N[C@@H]1CCNC1)c1cc2c(Cl)cccc2[nH]1.O=C(O)C(F)(F)F. The molecule has 0 saturated carbocycles. The van der Waals surface area contributed by atoms with E-state index in [1.54, 1.807) is 6.07 Å². The van der Waals surface area contributed by atoms with Crippen molar-refractivity contribution in [1.29, 1.82) is 0 Å². The Kier molecular flexibility index (Phi) is 5.91. The van der Waals surface area contributed by atoms with Gasteiger partial charge in [-0.05, 0) is 31.2 Å². The predicted octanol–water partition coefficient (Wildman–Crippen LogP) is 2.55. The van der Waals surface area contributed by atoms with E-state index >= 15 is 0 Å². The summed E-state index contributed by atoms with van der Waals surface area (Å²) in [6.07, 6.45) is -4.10. The largest absolute Gasteiger partial charge is 0.490 e. The first-order valence-electron chi connectivity index (χ1n) is 7.27. The van der Waals surface area contributed by atoms with Gasteiger partial charge in [-0.3, -0.25) is 4.79 Å². The highest BCUT2D eigenvalue weighted by Gasteiger charge is 2.38. The first-order chi connectivity index (χ1) is 11.7. The van der Waals surface area contributed by atoms with Gasteiger partial charge in [-0.25, -0.2) is 4.79 Å². The lowest BCUT2D eigenvalue weighted by Gasteiger charge is -2.09. The minimum Gasteiger partial charge on any atom is -0.475 e. The number of nitrogens with one attached hydrogen (secondary N) is 3. The van der Waals surface area contributed by atoms with Crippen molar-refractivity contribution in [2.45, 2.75) is 18.6 Å². The minimum absolute atomic E-state index is 0.0732. The molecule has 1 aromatic carbocycles. The number of carbonyl (C=O) groups is 2. The quantitative estimate of drug-likeness (QED) is 0.647. The monoisotopic (exact) mass is 377 g/mol. The van der Waals surface area contributed by atoms with E-state index in [2.05, 4.69) is 15.6 Å². The van der Waals surface area contributed by atoms with Crippen molar-refractivity contribution in [3.05, 3.63) is 35.0 Å². The number of aromatic amines is 1. The van der Waals surface area contributed by atoms with E-state index in [4.69, 9.17) is 21.5 Å². The lowest BCUT2D eigenvalue weighted by atomic mass is 10.2. The van der Waals surface area contributed by atoms with Crippen molar-refractivity contribution < 1.29 is 27.9 Å². The van der Waals surface area contributed by atoms with E-state index in [0.29, 0.717) is 10.7 Å². The van der Waals surface area contributed by atoms with E-state index in [9.17, 15) is 18.0 Å². The molecule has 0 aliphatic carbocycles. The number of amides is 1. The molecular weight excluding hydrogens is 363 g/mol.